The molecule has 0 fully saturated rings. The molecule has 2 heterocycles. The maximum absolute atomic E-state index is 8.17. The lowest BCUT2D eigenvalue weighted by molar-refractivity contribution is 0.635. The van der Waals surface area contributed by atoms with Crippen molar-refractivity contribution in [3.8, 4) is 10.6 Å². The molecule has 2 rings (SSSR count). The summed E-state index contributed by atoms with van der Waals surface area (Å²) in [6.07, 6.45) is 0. The Hall–Kier alpha value is -1.98. The molecule has 6 nitrogen and oxygen atoms in total. The second kappa shape index (κ2) is 4.69. The van der Waals surface area contributed by atoms with Gasteiger partial charge in [-0.05, 0) is 17.0 Å². The van der Waals surface area contributed by atoms with Crippen molar-refractivity contribution >= 4 is 17.2 Å². The van der Waals surface area contributed by atoms with Crippen LogP contribution in [0.4, 0.5) is 5.82 Å². The van der Waals surface area contributed by atoms with E-state index in [1.807, 2.05) is 23.6 Å². The van der Waals surface area contributed by atoms with Crippen molar-refractivity contribution in [3.63, 3.8) is 0 Å². The summed E-state index contributed by atoms with van der Waals surface area (Å²) in [4.78, 5) is 3.76. The third-order valence-corrected chi connectivity index (χ3v) is 2.95. The highest BCUT2D eigenvalue weighted by Gasteiger charge is 2.06. The average Bonchev–Trinajstić information content (AvgIpc) is 2.88. The van der Waals surface area contributed by atoms with Gasteiger partial charge in [-0.2, -0.15) is 5.10 Å². The van der Waals surface area contributed by atoms with Crippen LogP contribution in [0.1, 0.15) is 0 Å². The van der Waals surface area contributed by atoms with E-state index < -0.39 is 0 Å². The summed E-state index contributed by atoms with van der Waals surface area (Å²) in [5, 5.41) is 9.78. The molecule has 16 heavy (non-hydrogen) atoms. The summed E-state index contributed by atoms with van der Waals surface area (Å²) < 4.78 is 1.64. The van der Waals surface area contributed by atoms with Gasteiger partial charge in [-0.1, -0.05) is 11.2 Å². The summed E-state index contributed by atoms with van der Waals surface area (Å²) in [6, 6.07) is 5.78. The van der Waals surface area contributed by atoms with Crippen LogP contribution in [0.15, 0.2) is 28.7 Å². The van der Waals surface area contributed by atoms with E-state index in [2.05, 4.69) is 15.1 Å². The number of azide groups is 1. The van der Waals surface area contributed by atoms with Crippen LogP contribution in [0, 0.1) is 0 Å². The third kappa shape index (κ3) is 2.16. The fraction of sp³-hybridized carbons (Fsp3) is 0.222. The molecule has 0 spiro atoms. The van der Waals surface area contributed by atoms with Crippen LogP contribution in [-0.2, 0) is 6.54 Å². The number of rotatable bonds is 4. The number of anilines is 1. The number of thiophene rings is 1. The maximum Gasteiger partial charge on any atom is 0.122 e. The Morgan fingerprint density at radius 3 is 3.19 bits per heavy atom. The molecule has 0 saturated heterocycles. The minimum atomic E-state index is 0.353. The van der Waals surface area contributed by atoms with Crippen molar-refractivity contribution in [2.45, 2.75) is 6.54 Å². The highest BCUT2D eigenvalue weighted by molar-refractivity contribution is 7.13. The molecule has 0 amide bonds. The summed E-state index contributed by atoms with van der Waals surface area (Å²) in [5.41, 5.74) is 14.8. The molecule has 2 aromatic heterocycles. The van der Waals surface area contributed by atoms with Gasteiger partial charge in [-0.15, -0.1) is 11.3 Å². The van der Waals surface area contributed by atoms with Crippen molar-refractivity contribution < 1.29 is 0 Å². The molecular formula is C9H10N6S. The summed E-state index contributed by atoms with van der Waals surface area (Å²) in [6.45, 7) is 0.855. The Morgan fingerprint density at radius 2 is 2.50 bits per heavy atom. The molecule has 0 bridgehead atoms. The molecule has 0 aliphatic rings. The number of nitrogens with zero attached hydrogens (tertiary/aromatic N) is 5. The Labute approximate surface area is 95.9 Å². The van der Waals surface area contributed by atoms with E-state index in [-0.39, 0.29) is 0 Å². The lowest BCUT2D eigenvalue weighted by atomic mass is 10.3. The Bertz CT molecular complexity index is 508. The lowest BCUT2D eigenvalue weighted by Crippen LogP contribution is -2.06. The van der Waals surface area contributed by atoms with Crippen molar-refractivity contribution in [2.24, 2.45) is 5.11 Å². The highest BCUT2D eigenvalue weighted by Crippen LogP contribution is 2.24. The van der Waals surface area contributed by atoms with Crippen LogP contribution >= 0.6 is 11.3 Å². The zero-order valence-electron chi connectivity index (χ0n) is 8.45. The van der Waals surface area contributed by atoms with Gasteiger partial charge in [0.05, 0.1) is 4.88 Å². The molecule has 0 aliphatic heterocycles. The number of nitrogens with two attached hydrogens (primary N) is 1. The van der Waals surface area contributed by atoms with Crippen LogP contribution in [0.3, 0.4) is 0 Å². The molecule has 0 atom stereocenters. The van der Waals surface area contributed by atoms with Crippen molar-refractivity contribution in [3.05, 3.63) is 34.0 Å². The minimum absolute atomic E-state index is 0.353. The second-order valence-electron chi connectivity index (χ2n) is 3.11. The molecular weight excluding hydrogens is 224 g/mol. The summed E-state index contributed by atoms with van der Waals surface area (Å²) in [5.74, 6) is 0.580. The zero-order chi connectivity index (χ0) is 11.4. The number of nitrogen functional groups attached to an aromatic ring is 1. The third-order valence-electron chi connectivity index (χ3n) is 2.06. The minimum Gasteiger partial charge on any atom is -0.384 e. The predicted molar refractivity (Wildman–Crippen MR) is 64.0 cm³/mol. The smallest absolute Gasteiger partial charge is 0.122 e. The Morgan fingerprint density at radius 1 is 1.62 bits per heavy atom. The van der Waals surface area contributed by atoms with Gasteiger partial charge in [0.1, 0.15) is 11.5 Å². The van der Waals surface area contributed by atoms with Gasteiger partial charge in [0, 0.05) is 24.1 Å². The van der Waals surface area contributed by atoms with Gasteiger partial charge >= 0.3 is 0 Å². The van der Waals surface area contributed by atoms with Gasteiger partial charge in [0.2, 0.25) is 0 Å². The first-order chi connectivity index (χ1) is 7.81. The lowest BCUT2D eigenvalue weighted by Gasteiger charge is -1.98. The quantitative estimate of drug-likeness (QED) is 0.500. The summed E-state index contributed by atoms with van der Waals surface area (Å²) in [7, 11) is 0. The average molecular weight is 234 g/mol. The SMILES string of the molecule is [N-]=[N+]=NCCn1nc(-c2cccs2)cc1N. The fourth-order valence-corrected chi connectivity index (χ4v) is 2.02. The van der Waals surface area contributed by atoms with E-state index in [0.717, 1.165) is 10.6 Å². The fourth-order valence-electron chi connectivity index (χ4n) is 1.34. The van der Waals surface area contributed by atoms with E-state index in [9.17, 15) is 0 Å². The van der Waals surface area contributed by atoms with Crippen LogP contribution in [-0.4, -0.2) is 16.3 Å². The van der Waals surface area contributed by atoms with Crippen molar-refractivity contribution in [1.82, 2.24) is 9.78 Å². The van der Waals surface area contributed by atoms with E-state index in [0.29, 0.717) is 18.9 Å². The van der Waals surface area contributed by atoms with E-state index in [4.69, 9.17) is 11.3 Å². The summed E-state index contributed by atoms with van der Waals surface area (Å²) >= 11 is 1.61. The number of hydrogen-bond donors (Lipinski definition) is 1. The molecule has 0 unspecified atom stereocenters. The molecule has 0 aliphatic carbocycles. The first kappa shape index (κ1) is 10.5. The monoisotopic (exact) mass is 234 g/mol. The zero-order valence-corrected chi connectivity index (χ0v) is 9.26. The molecule has 0 aromatic carbocycles. The van der Waals surface area contributed by atoms with Gasteiger partial charge < -0.3 is 5.73 Å². The first-order valence-corrected chi connectivity index (χ1v) is 5.57. The van der Waals surface area contributed by atoms with Gasteiger partial charge in [-0.3, -0.25) is 0 Å². The molecule has 82 valence electrons. The molecule has 0 saturated carbocycles. The van der Waals surface area contributed by atoms with Crippen molar-refractivity contribution in [1.29, 1.82) is 0 Å². The first-order valence-electron chi connectivity index (χ1n) is 4.69. The Balaban J connectivity index is 2.18. The maximum atomic E-state index is 8.17. The number of hydrogen-bond acceptors (Lipinski definition) is 4. The molecule has 2 aromatic rings. The topological polar surface area (TPSA) is 92.6 Å². The molecule has 7 heteroatoms. The van der Waals surface area contributed by atoms with E-state index in [1.54, 1.807) is 16.0 Å². The number of aromatic nitrogens is 2. The van der Waals surface area contributed by atoms with Crippen LogP contribution in [0.2, 0.25) is 0 Å². The van der Waals surface area contributed by atoms with Gasteiger partial charge in [0.25, 0.3) is 0 Å². The van der Waals surface area contributed by atoms with Crippen LogP contribution in [0.5, 0.6) is 0 Å². The van der Waals surface area contributed by atoms with Crippen LogP contribution in [0.25, 0.3) is 21.0 Å². The van der Waals surface area contributed by atoms with E-state index in [1.165, 1.54) is 0 Å². The van der Waals surface area contributed by atoms with Gasteiger partial charge in [-0.25, -0.2) is 4.68 Å². The van der Waals surface area contributed by atoms with Gasteiger partial charge in [0.15, 0.2) is 0 Å². The van der Waals surface area contributed by atoms with Crippen LogP contribution < -0.4 is 5.73 Å². The standard InChI is InChI=1S/C9H10N6S/c10-9-6-7(8-2-1-5-16-8)13-15(9)4-3-12-14-11/h1-2,5-6H,3-4,10H2. The largest absolute Gasteiger partial charge is 0.384 e. The molecule has 0 radical (unpaired) electrons. The Kier molecular flexibility index (Phi) is 3.09. The second-order valence-corrected chi connectivity index (χ2v) is 4.06. The van der Waals surface area contributed by atoms with Crippen molar-refractivity contribution in [2.75, 3.05) is 12.3 Å². The highest BCUT2D eigenvalue weighted by atomic mass is 32.1. The molecule has 2 N–H and O–H groups in total. The normalized spacial score (nSPS) is 10.0. The van der Waals surface area contributed by atoms with E-state index >= 15 is 0 Å². The predicted octanol–water partition coefficient (Wildman–Crippen LogP) is 2.50.